The molecule has 3 aromatic rings. The minimum atomic E-state index is -1.29. The fourth-order valence-electron chi connectivity index (χ4n) is 4.28. The molecule has 4 amide bonds. The van der Waals surface area contributed by atoms with E-state index in [1.165, 1.54) is 20.8 Å². The summed E-state index contributed by atoms with van der Waals surface area (Å²) in [5.74, 6) is -3.47. The molecule has 0 aliphatic heterocycles. The molecule has 0 aliphatic carbocycles. The quantitative estimate of drug-likeness (QED) is 0.124. The number of hydrogen-bond acceptors (Lipinski definition) is 9. The van der Waals surface area contributed by atoms with Crippen LogP contribution in [0.4, 0.5) is 4.79 Å². The predicted molar refractivity (Wildman–Crippen MR) is 178 cm³/mol. The molecule has 3 rings (SSSR count). The first-order valence-electron chi connectivity index (χ1n) is 15.8. The number of rotatable bonds is 17. The second kappa shape index (κ2) is 19.8. The summed E-state index contributed by atoms with van der Waals surface area (Å²) in [6.45, 7) is 4.28. The Hall–Kier alpha value is -5.72. The van der Waals surface area contributed by atoms with Gasteiger partial charge in [-0.1, -0.05) is 91.0 Å². The number of carbonyl (C=O) groups is 6. The van der Waals surface area contributed by atoms with Crippen molar-refractivity contribution >= 4 is 35.8 Å². The number of hydrogen-bond donors (Lipinski definition) is 4. The van der Waals surface area contributed by atoms with Crippen LogP contribution in [0.2, 0.25) is 0 Å². The molecule has 0 radical (unpaired) electrons. The van der Waals surface area contributed by atoms with Crippen LogP contribution in [0.3, 0.4) is 0 Å². The lowest BCUT2D eigenvalue weighted by Crippen LogP contribution is -2.56. The van der Waals surface area contributed by atoms with Gasteiger partial charge in [-0.05, 0) is 43.9 Å². The van der Waals surface area contributed by atoms with E-state index < -0.39 is 59.9 Å². The van der Waals surface area contributed by atoms with Crippen LogP contribution in [0, 0.1) is 0 Å². The van der Waals surface area contributed by atoms with Gasteiger partial charge < -0.3 is 35.5 Å². The molecule has 13 heteroatoms. The zero-order valence-electron chi connectivity index (χ0n) is 27.7. The molecule has 0 aliphatic rings. The van der Waals surface area contributed by atoms with Gasteiger partial charge in [0.25, 0.3) is 0 Å². The highest BCUT2D eigenvalue weighted by atomic mass is 16.5. The van der Waals surface area contributed by atoms with Crippen molar-refractivity contribution in [2.45, 2.75) is 77.6 Å². The molecule has 0 spiro atoms. The summed E-state index contributed by atoms with van der Waals surface area (Å²) in [5, 5.41) is 9.93. The maximum Gasteiger partial charge on any atom is 0.408 e. The van der Waals surface area contributed by atoms with Crippen LogP contribution < -0.4 is 21.3 Å². The number of benzene rings is 3. The highest BCUT2D eigenvalue weighted by molar-refractivity contribution is 5.94. The van der Waals surface area contributed by atoms with Gasteiger partial charge in [-0.2, -0.15) is 0 Å². The Kier molecular flexibility index (Phi) is 15.3. The summed E-state index contributed by atoms with van der Waals surface area (Å²) in [5.41, 5.74) is 2.30. The van der Waals surface area contributed by atoms with E-state index >= 15 is 0 Å². The Balaban J connectivity index is 1.55. The van der Waals surface area contributed by atoms with Crippen molar-refractivity contribution in [1.29, 1.82) is 0 Å². The molecule has 0 heterocycles. The first kappa shape index (κ1) is 37.7. The average molecular weight is 675 g/mol. The third-order valence-electron chi connectivity index (χ3n) is 7.14. The van der Waals surface area contributed by atoms with E-state index in [1.54, 1.807) is 72.8 Å². The van der Waals surface area contributed by atoms with Crippen molar-refractivity contribution in [1.82, 2.24) is 21.3 Å². The monoisotopic (exact) mass is 674 g/mol. The Labute approximate surface area is 285 Å². The van der Waals surface area contributed by atoms with Gasteiger partial charge in [-0.25, -0.2) is 9.59 Å². The second-order valence-electron chi connectivity index (χ2n) is 11.2. The minimum absolute atomic E-state index is 0.0134. The second-order valence-corrected chi connectivity index (χ2v) is 11.2. The van der Waals surface area contributed by atoms with E-state index in [2.05, 4.69) is 21.3 Å². The summed E-state index contributed by atoms with van der Waals surface area (Å²) in [6, 6.07) is 22.5. The molecule has 0 saturated heterocycles. The van der Waals surface area contributed by atoms with Crippen LogP contribution in [0.1, 0.15) is 50.3 Å². The number of esters is 2. The highest BCUT2D eigenvalue weighted by Gasteiger charge is 2.29. The molecule has 0 unspecified atom stereocenters. The van der Waals surface area contributed by atoms with Crippen molar-refractivity contribution in [2.24, 2.45) is 0 Å². The maximum absolute atomic E-state index is 13.3. The average Bonchev–Trinajstić information content (AvgIpc) is 3.11. The van der Waals surface area contributed by atoms with Gasteiger partial charge in [0.1, 0.15) is 44.0 Å². The third kappa shape index (κ3) is 13.9. The topological polar surface area (TPSA) is 178 Å². The molecular formula is C36H42N4O9. The molecule has 0 fully saturated rings. The van der Waals surface area contributed by atoms with Gasteiger partial charge in [0.2, 0.25) is 17.7 Å². The molecule has 13 nitrogen and oxygen atoms in total. The van der Waals surface area contributed by atoms with Gasteiger partial charge in [0.15, 0.2) is 0 Å². The summed E-state index contributed by atoms with van der Waals surface area (Å²) >= 11 is 0. The van der Waals surface area contributed by atoms with Crippen LogP contribution in [-0.4, -0.2) is 59.9 Å². The smallest absolute Gasteiger partial charge is 0.408 e. The van der Waals surface area contributed by atoms with Crippen LogP contribution in [0.15, 0.2) is 91.0 Å². The lowest BCUT2D eigenvalue weighted by molar-refractivity contribution is -0.148. The lowest BCUT2D eigenvalue weighted by Gasteiger charge is -2.23. The van der Waals surface area contributed by atoms with Crippen LogP contribution in [-0.2, 0) is 58.0 Å². The molecule has 0 bridgehead atoms. The molecule has 4 atom stereocenters. The van der Waals surface area contributed by atoms with Gasteiger partial charge in [0.05, 0.1) is 0 Å². The third-order valence-corrected chi connectivity index (χ3v) is 7.14. The summed E-state index contributed by atoms with van der Waals surface area (Å²) in [4.78, 5) is 76.4. The van der Waals surface area contributed by atoms with Crippen molar-refractivity contribution in [3.8, 4) is 0 Å². The van der Waals surface area contributed by atoms with Gasteiger partial charge in [-0.15, -0.1) is 0 Å². The lowest BCUT2D eigenvalue weighted by atomic mass is 10.1. The molecule has 260 valence electrons. The van der Waals surface area contributed by atoms with Gasteiger partial charge >= 0.3 is 18.0 Å². The fourth-order valence-corrected chi connectivity index (χ4v) is 4.28. The standard InChI is InChI=1S/C36H42N4O9/c1-24(32(42)38-26(3)35(45)48-22-28-15-9-5-10-16-28)37-34(44)30(19-20-31(41)47-21-27-13-7-4-8-14-27)40-33(43)25(2)39-36(46)49-23-29-17-11-6-12-18-29/h4-18,24-26,30H,19-23H2,1-3H3,(H,37,44)(H,38,42)(H,39,46)(H,40,43)/t24-,25-,26-,30-/m0/s1. The molecular weight excluding hydrogens is 632 g/mol. The first-order chi connectivity index (χ1) is 23.5. The van der Waals surface area contributed by atoms with Crippen molar-refractivity contribution in [3.05, 3.63) is 108 Å². The summed E-state index contributed by atoms with van der Waals surface area (Å²) in [6.07, 6.45) is -1.26. The highest BCUT2D eigenvalue weighted by Crippen LogP contribution is 2.07. The van der Waals surface area contributed by atoms with Crippen molar-refractivity contribution in [2.75, 3.05) is 0 Å². The van der Waals surface area contributed by atoms with Crippen molar-refractivity contribution in [3.63, 3.8) is 0 Å². The Bertz CT molecular complexity index is 1540. The normalized spacial score (nSPS) is 13.0. The van der Waals surface area contributed by atoms with E-state index in [1.807, 2.05) is 18.2 Å². The Morgan fingerprint density at radius 1 is 0.510 bits per heavy atom. The number of ether oxygens (including phenoxy) is 3. The molecule has 4 N–H and O–H groups in total. The molecule has 0 aromatic heterocycles. The summed E-state index contributed by atoms with van der Waals surface area (Å²) < 4.78 is 15.7. The van der Waals surface area contributed by atoms with E-state index in [-0.39, 0.29) is 32.7 Å². The summed E-state index contributed by atoms with van der Waals surface area (Å²) in [7, 11) is 0. The fraction of sp³-hybridized carbons (Fsp3) is 0.333. The largest absolute Gasteiger partial charge is 0.461 e. The first-order valence-corrected chi connectivity index (χ1v) is 15.8. The Morgan fingerprint density at radius 2 is 0.939 bits per heavy atom. The van der Waals surface area contributed by atoms with Crippen LogP contribution in [0.5, 0.6) is 0 Å². The zero-order valence-corrected chi connectivity index (χ0v) is 27.7. The zero-order chi connectivity index (χ0) is 35.6. The predicted octanol–water partition coefficient (Wildman–Crippen LogP) is 3.06. The van der Waals surface area contributed by atoms with Crippen LogP contribution >= 0.6 is 0 Å². The van der Waals surface area contributed by atoms with Gasteiger partial charge in [0, 0.05) is 6.42 Å². The Morgan fingerprint density at radius 3 is 1.47 bits per heavy atom. The maximum atomic E-state index is 13.3. The molecule has 3 aromatic carbocycles. The number of alkyl carbamates (subject to hydrolysis) is 1. The SMILES string of the molecule is C[C@H](NC(=O)OCc1ccccc1)C(=O)N[C@@H](CCC(=O)OCc1ccccc1)C(=O)N[C@@H](C)C(=O)N[C@@H](C)C(=O)OCc1ccccc1. The number of amides is 4. The van der Waals surface area contributed by atoms with Crippen LogP contribution in [0.25, 0.3) is 0 Å². The number of nitrogens with one attached hydrogen (secondary N) is 4. The van der Waals surface area contributed by atoms with E-state index in [0.29, 0.717) is 0 Å². The minimum Gasteiger partial charge on any atom is -0.461 e. The molecule has 0 saturated carbocycles. The number of carbonyl (C=O) groups excluding carboxylic acids is 6. The van der Waals surface area contributed by atoms with Gasteiger partial charge in [-0.3, -0.25) is 19.2 Å². The van der Waals surface area contributed by atoms with E-state index in [0.717, 1.165) is 16.7 Å². The van der Waals surface area contributed by atoms with E-state index in [9.17, 15) is 28.8 Å². The van der Waals surface area contributed by atoms with Crippen molar-refractivity contribution < 1.29 is 43.0 Å². The molecule has 49 heavy (non-hydrogen) atoms. The van der Waals surface area contributed by atoms with E-state index in [4.69, 9.17) is 14.2 Å².